The minimum atomic E-state index is -0.523. The summed E-state index contributed by atoms with van der Waals surface area (Å²) in [5.74, 6) is -0.344. The number of ether oxygens (including phenoxy) is 1. The average Bonchev–Trinajstić information content (AvgIpc) is 2.98. The summed E-state index contributed by atoms with van der Waals surface area (Å²) in [6.45, 7) is 7.76. The zero-order valence-corrected chi connectivity index (χ0v) is 19.8. The quantitative estimate of drug-likeness (QED) is 0.270. The number of esters is 1. The molecular weight excluding hydrogens is 426 g/mol. The van der Waals surface area contributed by atoms with Gasteiger partial charge in [0.05, 0.1) is 23.2 Å². The van der Waals surface area contributed by atoms with Crippen LogP contribution in [0.15, 0.2) is 53.7 Å². The predicted octanol–water partition coefficient (Wildman–Crippen LogP) is 5.48. The van der Waals surface area contributed by atoms with Gasteiger partial charge in [0.1, 0.15) is 12.2 Å². The number of carbonyl (C=O) groups excluding carboxylic acids is 1. The minimum absolute atomic E-state index is 0.289. The number of oxime groups is 1. The Morgan fingerprint density at radius 3 is 2.34 bits per heavy atom. The number of nitrogens with zero attached hydrogens (tertiary/aromatic N) is 3. The van der Waals surface area contributed by atoms with E-state index in [-0.39, 0.29) is 12.6 Å². The van der Waals surface area contributed by atoms with Gasteiger partial charge in [-0.25, -0.2) is 4.79 Å². The van der Waals surface area contributed by atoms with Crippen molar-refractivity contribution in [3.05, 3.63) is 87.2 Å². The molecule has 32 heavy (non-hydrogen) atoms. The maximum atomic E-state index is 12.1. The van der Waals surface area contributed by atoms with Gasteiger partial charge in [-0.1, -0.05) is 41.0 Å². The molecule has 0 saturated heterocycles. The second kappa shape index (κ2) is 10.0. The van der Waals surface area contributed by atoms with Gasteiger partial charge >= 0.3 is 5.97 Å². The SMILES string of the molecule is Cc1nn(C)c(Cc2ccc(Cl)cc2)c1/C=N/OCc1ccc(C(=O)OC(C)(C)C)cc1. The second-order valence-electron chi connectivity index (χ2n) is 8.58. The highest BCUT2D eigenvalue weighted by atomic mass is 35.5. The molecule has 1 aromatic heterocycles. The van der Waals surface area contributed by atoms with Crippen LogP contribution in [0, 0.1) is 6.92 Å². The Morgan fingerprint density at radius 1 is 1.09 bits per heavy atom. The molecule has 0 aliphatic rings. The van der Waals surface area contributed by atoms with E-state index in [0.717, 1.165) is 28.1 Å². The molecular formula is C25H28ClN3O3. The number of carbonyl (C=O) groups is 1. The van der Waals surface area contributed by atoms with Crippen LogP contribution in [0.4, 0.5) is 0 Å². The smallest absolute Gasteiger partial charge is 0.338 e. The Bertz CT molecular complexity index is 1100. The van der Waals surface area contributed by atoms with Crippen LogP contribution in [-0.2, 0) is 29.6 Å². The molecule has 0 fully saturated rings. The van der Waals surface area contributed by atoms with E-state index in [1.54, 1.807) is 18.3 Å². The van der Waals surface area contributed by atoms with Crippen molar-refractivity contribution in [2.45, 2.75) is 46.3 Å². The maximum Gasteiger partial charge on any atom is 0.338 e. The minimum Gasteiger partial charge on any atom is -0.456 e. The topological polar surface area (TPSA) is 65.7 Å². The third-order valence-corrected chi connectivity index (χ3v) is 5.00. The summed E-state index contributed by atoms with van der Waals surface area (Å²) in [5, 5.41) is 9.37. The van der Waals surface area contributed by atoms with Crippen LogP contribution in [0.25, 0.3) is 0 Å². The van der Waals surface area contributed by atoms with Gasteiger partial charge in [0.15, 0.2) is 0 Å². The summed E-state index contributed by atoms with van der Waals surface area (Å²) in [6.07, 6.45) is 2.41. The summed E-state index contributed by atoms with van der Waals surface area (Å²) in [6, 6.07) is 14.9. The van der Waals surface area contributed by atoms with Gasteiger partial charge in [0.25, 0.3) is 0 Å². The van der Waals surface area contributed by atoms with Gasteiger partial charge < -0.3 is 9.57 Å². The number of aryl methyl sites for hydroxylation is 2. The van der Waals surface area contributed by atoms with E-state index < -0.39 is 5.60 Å². The number of aromatic nitrogens is 2. The van der Waals surface area contributed by atoms with E-state index in [0.29, 0.717) is 17.0 Å². The molecule has 0 aliphatic heterocycles. The van der Waals surface area contributed by atoms with Gasteiger partial charge in [0.2, 0.25) is 0 Å². The molecule has 0 amide bonds. The number of hydrogen-bond acceptors (Lipinski definition) is 5. The van der Waals surface area contributed by atoms with Gasteiger partial charge in [-0.2, -0.15) is 5.10 Å². The van der Waals surface area contributed by atoms with Crippen molar-refractivity contribution in [3.8, 4) is 0 Å². The molecule has 0 N–H and O–H groups in total. The summed E-state index contributed by atoms with van der Waals surface area (Å²) in [4.78, 5) is 17.6. The zero-order valence-electron chi connectivity index (χ0n) is 19.1. The molecule has 1 heterocycles. The first-order valence-corrected chi connectivity index (χ1v) is 10.7. The van der Waals surface area contributed by atoms with E-state index in [1.807, 2.05) is 75.8 Å². The number of halogens is 1. The Labute approximate surface area is 193 Å². The molecule has 0 unspecified atom stereocenters. The molecule has 3 aromatic rings. The molecule has 168 valence electrons. The fourth-order valence-corrected chi connectivity index (χ4v) is 3.30. The fraction of sp³-hybridized carbons (Fsp3) is 0.320. The number of rotatable bonds is 7. The van der Waals surface area contributed by atoms with Crippen molar-refractivity contribution >= 4 is 23.8 Å². The van der Waals surface area contributed by atoms with Crippen LogP contribution in [-0.4, -0.2) is 27.6 Å². The lowest BCUT2D eigenvalue weighted by Crippen LogP contribution is -2.23. The van der Waals surface area contributed by atoms with Crippen LogP contribution in [0.5, 0.6) is 0 Å². The average molecular weight is 454 g/mol. The van der Waals surface area contributed by atoms with Crippen LogP contribution < -0.4 is 0 Å². The van der Waals surface area contributed by atoms with Crippen LogP contribution in [0.2, 0.25) is 5.02 Å². The van der Waals surface area contributed by atoms with E-state index >= 15 is 0 Å². The van der Waals surface area contributed by atoms with Crippen molar-refractivity contribution in [1.29, 1.82) is 0 Å². The molecule has 2 aromatic carbocycles. The van der Waals surface area contributed by atoms with E-state index in [1.165, 1.54) is 0 Å². The first-order chi connectivity index (χ1) is 15.1. The lowest BCUT2D eigenvalue weighted by molar-refractivity contribution is 0.00694. The predicted molar refractivity (Wildman–Crippen MR) is 126 cm³/mol. The second-order valence-corrected chi connectivity index (χ2v) is 9.02. The molecule has 3 rings (SSSR count). The normalized spacial score (nSPS) is 11.7. The van der Waals surface area contributed by atoms with Gasteiger partial charge in [-0.05, 0) is 63.1 Å². The third kappa shape index (κ3) is 6.44. The van der Waals surface area contributed by atoms with E-state index in [9.17, 15) is 4.79 Å². The molecule has 7 heteroatoms. The summed E-state index contributed by atoms with van der Waals surface area (Å²) in [7, 11) is 1.92. The van der Waals surface area contributed by atoms with Gasteiger partial charge in [-0.15, -0.1) is 0 Å². The molecule has 0 saturated carbocycles. The van der Waals surface area contributed by atoms with E-state index in [2.05, 4.69) is 10.3 Å². The van der Waals surface area contributed by atoms with Gasteiger partial charge in [-0.3, -0.25) is 4.68 Å². The first kappa shape index (κ1) is 23.5. The van der Waals surface area contributed by atoms with Crippen molar-refractivity contribution in [2.24, 2.45) is 12.2 Å². The highest BCUT2D eigenvalue weighted by Crippen LogP contribution is 2.18. The van der Waals surface area contributed by atoms with E-state index in [4.69, 9.17) is 21.2 Å². The molecule has 0 atom stereocenters. The number of hydrogen-bond donors (Lipinski definition) is 0. The van der Waals surface area contributed by atoms with Crippen LogP contribution >= 0.6 is 11.6 Å². The summed E-state index contributed by atoms with van der Waals surface area (Å²) < 4.78 is 7.24. The molecule has 0 bridgehead atoms. The van der Waals surface area contributed by atoms with Crippen LogP contribution in [0.3, 0.4) is 0 Å². The summed E-state index contributed by atoms with van der Waals surface area (Å²) >= 11 is 5.99. The largest absolute Gasteiger partial charge is 0.456 e. The lowest BCUT2D eigenvalue weighted by Gasteiger charge is -2.19. The fourth-order valence-electron chi connectivity index (χ4n) is 3.17. The zero-order chi connectivity index (χ0) is 23.3. The number of benzene rings is 2. The Hall–Kier alpha value is -3.12. The Kier molecular flexibility index (Phi) is 7.36. The first-order valence-electron chi connectivity index (χ1n) is 10.4. The Balaban J connectivity index is 1.62. The molecule has 6 nitrogen and oxygen atoms in total. The monoisotopic (exact) mass is 453 g/mol. The van der Waals surface area contributed by atoms with Crippen molar-refractivity contribution in [2.75, 3.05) is 0 Å². The summed E-state index contributed by atoms with van der Waals surface area (Å²) in [5.41, 5.74) is 4.87. The van der Waals surface area contributed by atoms with Crippen LogP contribution in [0.1, 0.15) is 59.2 Å². The van der Waals surface area contributed by atoms with Crippen molar-refractivity contribution in [1.82, 2.24) is 9.78 Å². The van der Waals surface area contributed by atoms with Crippen molar-refractivity contribution < 1.29 is 14.4 Å². The highest BCUT2D eigenvalue weighted by Gasteiger charge is 2.17. The molecule has 0 aliphatic carbocycles. The highest BCUT2D eigenvalue weighted by molar-refractivity contribution is 6.30. The lowest BCUT2D eigenvalue weighted by atomic mass is 10.1. The third-order valence-electron chi connectivity index (χ3n) is 4.75. The Morgan fingerprint density at radius 2 is 1.72 bits per heavy atom. The van der Waals surface area contributed by atoms with Crippen molar-refractivity contribution in [3.63, 3.8) is 0 Å². The maximum absolute atomic E-state index is 12.1. The standard InChI is InChI=1S/C25H28ClN3O3/c1-17-22(23(29(5)28-17)14-18-8-12-21(26)13-9-18)15-27-31-16-19-6-10-20(11-7-19)24(30)32-25(2,3)4/h6-13,15H,14,16H2,1-5H3/b27-15+. The molecule has 0 radical (unpaired) electrons. The molecule has 0 spiro atoms. The van der Waals surface area contributed by atoms with Gasteiger partial charge in [0, 0.05) is 24.1 Å².